The quantitative estimate of drug-likeness (QED) is 0.786. The average Bonchev–Trinajstić information content (AvgIpc) is 3.22. The minimum absolute atomic E-state index is 0.0460. The van der Waals surface area contributed by atoms with Gasteiger partial charge < -0.3 is 9.84 Å². The number of hydrogen-bond acceptors (Lipinski definition) is 4. The van der Waals surface area contributed by atoms with E-state index in [4.69, 9.17) is 4.52 Å². The van der Waals surface area contributed by atoms with Gasteiger partial charge in [0, 0.05) is 22.3 Å². The molecule has 0 bridgehead atoms. The third-order valence-electron chi connectivity index (χ3n) is 3.84. The largest absolute Gasteiger partial charge is 0.354 e. The highest BCUT2D eigenvalue weighted by Gasteiger charge is 2.29. The molecular formula is C18H14N2O2S. The minimum Gasteiger partial charge on any atom is -0.354 e. The molecule has 0 radical (unpaired) electrons. The van der Waals surface area contributed by atoms with Gasteiger partial charge in [-0.25, -0.2) is 0 Å². The van der Waals surface area contributed by atoms with Crippen LogP contribution in [0.25, 0.3) is 11.3 Å². The molecule has 4 nitrogen and oxygen atoms in total. The first kappa shape index (κ1) is 14.1. The maximum Gasteiger partial charge on any atom is 0.234 e. The Kier molecular flexibility index (Phi) is 3.63. The summed E-state index contributed by atoms with van der Waals surface area (Å²) in [6, 6.07) is 19.5. The Morgan fingerprint density at radius 3 is 2.78 bits per heavy atom. The normalized spacial score (nSPS) is 16.1. The second-order valence-electron chi connectivity index (χ2n) is 5.33. The molecular weight excluding hydrogens is 308 g/mol. The highest BCUT2D eigenvalue weighted by molar-refractivity contribution is 7.99. The number of hydrogen-bond donors (Lipinski definition) is 1. The average molecular weight is 322 g/mol. The number of carbonyl (C=O) groups excluding carboxylic acids is 1. The summed E-state index contributed by atoms with van der Waals surface area (Å²) < 4.78 is 5.31. The zero-order valence-electron chi connectivity index (χ0n) is 12.2. The Labute approximate surface area is 137 Å². The highest BCUT2D eigenvalue weighted by Crippen LogP contribution is 2.39. The fraction of sp³-hybridized carbons (Fsp3) is 0.111. The Balaban J connectivity index is 1.51. The van der Waals surface area contributed by atoms with Crippen LogP contribution < -0.4 is 5.32 Å². The predicted octanol–water partition coefficient (Wildman–Crippen LogP) is 4.17. The van der Waals surface area contributed by atoms with Gasteiger partial charge in [0.05, 0.1) is 5.92 Å². The van der Waals surface area contributed by atoms with Crippen molar-refractivity contribution in [3.63, 3.8) is 0 Å². The third-order valence-corrected chi connectivity index (χ3v) is 5.02. The molecule has 1 unspecified atom stereocenters. The van der Waals surface area contributed by atoms with Gasteiger partial charge in [-0.15, -0.1) is 11.8 Å². The minimum atomic E-state index is -0.145. The summed E-state index contributed by atoms with van der Waals surface area (Å²) in [4.78, 5) is 13.7. The van der Waals surface area contributed by atoms with E-state index in [1.807, 2.05) is 48.5 Å². The van der Waals surface area contributed by atoms with Crippen LogP contribution >= 0.6 is 11.8 Å². The van der Waals surface area contributed by atoms with Crippen molar-refractivity contribution in [2.24, 2.45) is 0 Å². The van der Waals surface area contributed by atoms with Crippen LogP contribution in [0.4, 0.5) is 5.82 Å². The Hall–Kier alpha value is -2.53. The molecule has 0 aliphatic carbocycles. The fourth-order valence-electron chi connectivity index (χ4n) is 2.67. The predicted molar refractivity (Wildman–Crippen MR) is 90.5 cm³/mol. The van der Waals surface area contributed by atoms with Crippen LogP contribution in [0, 0.1) is 0 Å². The van der Waals surface area contributed by atoms with Crippen molar-refractivity contribution < 1.29 is 9.32 Å². The van der Waals surface area contributed by atoms with Gasteiger partial charge in [-0.3, -0.25) is 4.79 Å². The van der Waals surface area contributed by atoms with Crippen molar-refractivity contribution in [1.29, 1.82) is 0 Å². The maximum absolute atomic E-state index is 12.5. The van der Waals surface area contributed by atoms with Crippen LogP contribution in [0.1, 0.15) is 11.5 Å². The molecule has 5 heteroatoms. The number of anilines is 1. The van der Waals surface area contributed by atoms with Crippen molar-refractivity contribution in [2.75, 3.05) is 11.1 Å². The molecule has 2 aromatic carbocycles. The van der Waals surface area contributed by atoms with Crippen LogP contribution in [0.15, 0.2) is 70.1 Å². The van der Waals surface area contributed by atoms with Crippen molar-refractivity contribution in [1.82, 2.24) is 5.16 Å². The molecule has 2 heterocycles. The zero-order valence-corrected chi connectivity index (χ0v) is 13.0. The number of thioether (sulfide) groups is 1. The first-order chi connectivity index (χ1) is 11.3. The monoisotopic (exact) mass is 322 g/mol. The summed E-state index contributed by atoms with van der Waals surface area (Å²) in [5.74, 6) is 1.66. The first-order valence-electron chi connectivity index (χ1n) is 7.36. The van der Waals surface area contributed by atoms with Gasteiger partial charge in [0.15, 0.2) is 11.6 Å². The summed E-state index contributed by atoms with van der Waals surface area (Å²) in [5, 5.41) is 6.80. The van der Waals surface area contributed by atoms with E-state index in [2.05, 4.69) is 16.5 Å². The number of nitrogens with one attached hydrogen (secondary N) is 1. The van der Waals surface area contributed by atoms with Crippen molar-refractivity contribution in [2.45, 2.75) is 10.8 Å². The SMILES string of the molecule is O=C(Nc1cc(-c2ccccc2)on1)C1CSc2ccccc21. The molecule has 1 aliphatic heterocycles. The van der Waals surface area contributed by atoms with E-state index in [-0.39, 0.29) is 11.8 Å². The van der Waals surface area contributed by atoms with Crippen molar-refractivity contribution >= 4 is 23.5 Å². The Morgan fingerprint density at radius 1 is 1.13 bits per heavy atom. The highest BCUT2D eigenvalue weighted by atomic mass is 32.2. The van der Waals surface area contributed by atoms with Crippen molar-refractivity contribution in [3.8, 4) is 11.3 Å². The lowest BCUT2D eigenvalue weighted by molar-refractivity contribution is -0.117. The van der Waals surface area contributed by atoms with Gasteiger partial charge in [0.1, 0.15) is 0 Å². The first-order valence-corrected chi connectivity index (χ1v) is 8.34. The maximum atomic E-state index is 12.5. The Bertz CT molecular complexity index is 845. The van der Waals surface area contributed by atoms with Gasteiger partial charge in [-0.2, -0.15) is 0 Å². The van der Waals surface area contributed by atoms with Crippen molar-refractivity contribution in [3.05, 3.63) is 66.2 Å². The topological polar surface area (TPSA) is 55.1 Å². The smallest absolute Gasteiger partial charge is 0.234 e. The molecule has 0 saturated heterocycles. The number of nitrogens with zero attached hydrogens (tertiary/aromatic N) is 1. The lowest BCUT2D eigenvalue weighted by Crippen LogP contribution is -2.21. The molecule has 1 aromatic heterocycles. The van der Waals surface area contributed by atoms with E-state index in [0.717, 1.165) is 16.9 Å². The van der Waals surface area contributed by atoms with Crippen LogP contribution in [0.2, 0.25) is 0 Å². The number of fused-ring (bicyclic) bond motifs is 1. The van der Waals surface area contributed by atoms with E-state index in [9.17, 15) is 4.79 Å². The number of amides is 1. The third kappa shape index (κ3) is 2.75. The number of carbonyl (C=O) groups is 1. The molecule has 1 N–H and O–H groups in total. The summed E-state index contributed by atoms with van der Waals surface area (Å²) in [6.07, 6.45) is 0. The molecule has 0 saturated carbocycles. The van der Waals surface area contributed by atoms with Crippen LogP contribution in [0.5, 0.6) is 0 Å². The molecule has 1 atom stereocenters. The van der Waals surface area contributed by atoms with Crippen LogP contribution in [-0.4, -0.2) is 16.8 Å². The van der Waals surface area contributed by atoms with Gasteiger partial charge in [-0.1, -0.05) is 53.7 Å². The Morgan fingerprint density at radius 2 is 1.91 bits per heavy atom. The van der Waals surface area contributed by atoms with Crippen LogP contribution in [-0.2, 0) is 4.79 Å². The van der Waals surface area contributed by atoms with Gasteiger partial charge in [-0.05, 0) is 11.6 Å². The fourth-order valence-corrected chi connectivity index (χ4v) is 3.89. The number of aromatic nitrogens is 1. The molecule has 114 valence electrons. The second-order valence-corrected chi connectivity index (χ2v) is 6.39. The second kappa shape index (κ2) is 5.93. The van der Waals surface area contributed by atoms with E-state index in [0.29, 0.717) is 11.6 Å². The number of benzene rings is 2. The molecule has 1 amide bonds. The lowest BCUT2D eigenvalue weighted by atomic mass is 10.0. The van der Waals surface area contributed by atoms with E-state index in [1.165, 1.54) is 4.90 Å². The van der Waals surface area contributed by atoms with E-state index in [1.54, 1.807) is 17.8 Å². The van der Waals surface area contributed by atoms with Crippen LogP contribution in [0.3, 0.4) is 0 Å². The molecule has 23 heavy (non-hydrogen) atoms. The van der Waals surface area contributed by atoms with E-state index < -0.39 is 0 Å². The number of rotatable bonds is 3. The summed E-state index contributed by atoms with van der Waals surface area (Å²) in [6.45, 7) is 0. The summed E-state index contributed by atoms with van der Waals surface area (Å²) >= 11 is 1.71. The molecule has 0 spiro atoms. The van der Waals surface area contributed by atoms with Gasteiger partial charge in [0.25, 0.3) is 0 Å². The summed E-state index contributed by atoms with van der Waals surface area (Å²) in [5.41, 5.74) is 2.02. The lowest BCUT2D eigenvalue weighted by Gasteiger charge is -2.09. The standard InChI is InChI=1S/C18H14N2O2S/c21-18(14-11-23-16-9-5-4-8-13(14)16)19-17-10-15(22-20-17)12-6-2-1-3-7-12/h1-10,14H,11H2,(H,19,20,21). The van der Waals surface area contributed by atoms with Gasteiger partial charge >= 0.3 is 0 Å². The molecule has 4 rings (SSSR count). The van der Waals surface area contributed by atoms with Gasteiger partial charge in [0.2, 0.25) is 5.91 Å². The molecule has 3 aromatic rings. The zero-order chi connectivity index (χ0) is 15.6. The molecule has 1 aliphatic rings. The van der Waals surface area contributed by atoms with E-state index >= 15 is 0 Å². The summed E-state index contributed by atoms with van der Waals surface area (Å²) in [7, 11) is 0. The molecule has 0 fully saturated rings.